The number of amides is 1. The van der Waals surface area contributed by atoms with Crippen LogP contribution in [-0.2, 0) is 4.79 Å². The number of fused-ring (bicyclic) bond motifs is 1. The third-order valence-corrected chi connectivity index (χ3v) is 2.72. The monoisotopic (exact) mass is 234 g/mol. The lowest BCUT2D eigenvalue weighted by Crippen LogP contribution is -2.25. The highest BCUT2D eigenvalue weighted by atomic mass is 16.5. The number of hydrogen-bond acceptors (Lipinski definition) is 3. The van der Waals surface area contributed by atoms with Crippen molar-refractivity contribution in [3.63, 3.8) is 0 Å². The van der Waals surface area contributed by atoms with Crippen molar-refractivity contribution < 1.29 is 9.53 Å². The van der Waals surface area contributed by atoms with Crippen molar-refractivity contribution in [2.45, 2.75) is 26.3 Å². The van der Waals surface area contributed by atoms with Gasteiger partial charge in [0.05, 0.1) is 18.7 Å². The normalized spacial score (nSPS) is 15.3. The first-order valence-electron chi connectivity index (χ1n) is 5.88. The average molecular weight is 234 g/mol. The van der Waals surface area contributed by atoms with Crippen LogP contribution in [0.5, 0.6) is 5.75 Å². The summed E-state index contributed by atoms with van der Waals surface area (Å²) in [5.41, 5.74) is 1.84. The van der Waals surface area contributed by atoms with Gasteiger partial charge in [-0.25, -0.2) is 0 Å². The highest BCUT2D eigenvalue weighted by molar-refractivity contribution is 5.95. The number of nitrogens with zero attached hydrogens (tertiary/aromatic N) is 1. The molecule has 1 heterocycles. The summed E-state index contributed by atoms with van der Waals surface area (Å²) >= 11 is 0. The zero-order valence-electron chi connectivity index (χ0n) is 10.5. The van der Waals surface area contributed by atoms with Crippen molar-refractivity contribution in [2.24, 2.45) is 0 Å². The van der Waals surface area contributed by atoms with Gasteiger partial charge in [0.15, 0.2) is 0 Å². The fourth-order valence-corrected chi connectivity index (χ4v) is 1.88. The number of nitrogens with one attached hydrogen (secondary N) is 1. The third kappa shape index (κ3) is 2.52. The lowest BCUT2D eigenvalue weighted by Gasteiger charge is -2.18. The lowest BCUT2D eigenvalue weighted by molar-refractivity contribution is -0.118. The van der Waals surface area contributed by atoms with E-state index in [4.69, 9.17) is 4.74 Å². The SMILES string of the molecule is CC(C)Nc1ccc2c(c1)N(C)C(=O)CCO2. The molecule has 0 atom stereocenters. The highest BCUT2D eigenvalue weighted by Gasteiger charge is 2.20. The summed E-state index contributed by atoms with van der Waals surface area (Å²) in [7, 11) is 1.79. The van der Waals surface area contributed by atoms with Gasteiger partial charge in [-0.05, 0) is 32.0 Å². The molecule has 0 bridgehead atoms. The van der Waals surface area contributed by atoms with Gasteiger partial charge in [0.2, 0.25) is 5.91 Å². The van der Waals surface area contributed by atoms with Crippen LogP contribution in [0.15, 0.2) is 18.2 Å². The highest BCUT2D eigenvalue weighted by Crippen LogP contribution is 2.33. The van der Waals surface area contributed by atoms with Gasteiger partial charge in [0.1, 0.15) is 5.75 Å². The molecule has 4 nitrogen and oxygen atoms in total. The number of hydrogen-bond donors (Lipinski definition) is 1. The first-order valence-corrected chi connectivity index (χ1v) is 5.88. The molecule has 1 aromatic carbocycles. The molecule has 0 radical (unpaired) electrons. The second kappa shape index (κ2) is 4.65. The molecule has 1 aromatic rings. The maximum atomic E-state index is 11.7. The zero-order chi connectivity index (χ0) is 12.4. The number of carbonyl (C=O) groups is 1. The fourth-order valence-electron chi connectivity index (χ4n) is 1.88. The second-order valence-corrected chi connectivity index (χ2v) is 4.53. The van der Waals surface area contributed by atoms with Crippen LogP contribution in [0, 0.1) is 0 Å². The second-order valence-electron chi connectivity index (χ2n) is 4.53. The third-order valence-electron chi connectivity index (χ3n) is 2.72. The minimum Gasteiger partial charge on any atom is -0.491 e. The summed E-state index contributed by atoms with van der Waals surface area (Å²) in [6.45, 7) is 4.61. The van der Waals surface area contributed by atoms with Crippen molar-refractivity contribution in [3.8, 4) is 5.75 Å². The molecule has 0 saturated carbocycles. The quantitative estimate of drug-likeness (QED) is 0.853. The van der Waals surface area contributed by atoms with Crippen molar-refractivity contribution in [3.05, 3.63) is 18.2 Å². The Bertz CT molecular complexity index is 429. The minimum absolute atomic E-state index is 0.0884. The topological polar surface area (TPSA) is 41.6 Å². The van der Waals surface area contributed by atoms with Gasteiger partial charge in [-0.2, -0.15) is 0 Å². The summed E-state index contributed by atoms with van der Waals surface area (Å²) in [6, 6.07) is 6.21. The van der Waals surface area contributed by atoms with E-state index in [1.807, 2.05) is 18.2 Å². The molecule has 1 aliphatic heterocycles. The minimum atomic E-state index is 0.0884. The molecule has 0 unspecified atom stereocenters. The van der Waals surface area contributed by atoms with Crippen LogP contribution in [0.3, 0.4) is 0 Å². The Hall–Kier alpha value is -1.71. The van der Waals surface area contributed by atoms with Gasteiger partial charge in [-0.15, -0.1) is 0 Å². The van der Waals surface area contributed by atoms with Crippen LogP contribution in [0.1, 0.15) is 20.3 Å². The van der Waals surface area contributed by atoms with E-state index in [0.717, 1.165) is 17.1 Å². The van der Waals surface area contributed by atoms with Crippen LogP contribution < -0.4 is 15.0 Å². The molecule has 1 N–H and O–H groups in total. The Morgan fingerprint density at radius 1 is 1.41 bits per heavy atom. The van der Waals surface area contributed by atoms with E-state index in [9.17, 15) is 4.79 Å². The molecular formula is C13H18N2O2. The van der Waals surface area contributed by atoms with Gasteiger partial charge < -0.3 is 15.0 Å². The number of rotatable bonds is 2. The Morgan fingerprint density at radius 2 is 2.18 bits per heavy atom. The largest absolute Gasteiger partial charge is 0.491 e. The van der Waals surface area contributed by atoms with Crippen LogP contribution in [0.25, 0.3) is 0 Å². The van der Waals surface area contributed by atoms with Gasteiger partial charge in [-0.1, -0.05) is 0 Å². The molecule has 0 aliphatic carbocycles. The maximum absolute atomic E-state index is 11.7. The average Bonchev–Trinajstić information content (AvgIpc) is 2.40. The zero-order valence-corrected chi connectivity index (χ0v) is 10.5. The fraction of sp³-hybridized carbons (Fsp3) is 0.462. The summed E-state index contributed by atoms with van der Waals surface area (Å²) in [6.07, 6.45) is 0.429. The molecule has 1 aliphatic rings. The number of ether oxygens (including phenoxy) is 1. The van der Waals surface area contributed by atoms with E-state index >= 15 is 0 Å². The molecule has 4 heteroatoms. The number of anilines is 2. The summed E-state index contributed by atoms with van der Waals surface area (Å²) in [5, 5.41) is 3.32. The summed E-state index contributed by atoms with van der Waals surface area (Å²) in [5.74, 6) is 0.859. The van der Waals surface area contributed by atoms with Crippen molar-refractivity contribution >= 4 is 17.3 Å². The van der Waals surface area contributed by atoms with E-state index in [0.29, 0.717) is 19.1 Å². The van der Waals surface area contributed by atoms with Crippen LogP contribution >= 0.6 is 0 Å². The Morgan fingerprint density at radius 3 is 2.88 bits per heavy atom. The van der Waals surface area contributed by atoms with E-state index in [-0.39, 0.29) is 5.91 Å². The summed E-state index contributed by atoms with van der Waals surface area (Å²) in [4.78, 5) is 13.4. The van der Waals surface area contributed by atoms with Gasteiger partial charge >= 0.3 is 0 Å². The van der Waals surface area contributed by atoms with Crippen LogP contribution in [0.2, 0.25) is 0 Å². The van der Waals surface area contributed by atoms with Gasteiger partial charge in [-0.3, -0.25) is 4.79 Å². The van der Waals surface area contributed by atoms with Crippen molar-refractivity contribution in [2.75, 3.05) is 23.9 Å². The summed E-state index contributed by atoms with van der Waals surface area (Å²) < 4.78 is 5.56. The number of benzene rings is 1. The maximum Gasteiger partial charge on any atom is 0.230 e. The molecule has 2 rings (SSSR count). The number of carbonyl (C=O) groups excluding carboxylic acids is 1. The van der Waals surface area contributed by atoms with E-state index in [1.54, 1.807) is 11.9 Å². The van der Waals surface area contributed by atoms with Crippen molar-refractivity contribution in [1.82, 2.24) is 0 Å². The standard InChI is InChI=1S/C13H18N2O2/c1-9(2)14-10-4-5-12-11(8-10)15(3)13(16)6-7-17-12/h4-5,8-9,14H,6-7H2,1-3H3. The van der Waals surface area contributed by atoms with E-state index in [1.165, 1.54) is 0 Å². The van der Waals surface area contributed by atoms with Gasteiger partial charge in [0.25, 0.3) is 0 Å². The Labute approximate surface area is 102 Å². The molecule has 0 spiro atoms. The first-order chi connectivity index (χ1) is 8.08. The molecule has 0 fully saturated rings. The molecule has 92 valence electrons. The molecule has 1 amide bonds. The smallest absolute Gasteiger partial charge is 0.230 e. The lowest BCUT2D eigenvalue weighted by atomic mass is 10.2. The first kappa shape index (κ1) is 11.8. The van der Waals surface area contributed by atoms with Crippen molar-refractivity contribution in [1.29, 1.82) is 0 Å². The Balaban J connectivity index is 2.35. The van der Waals surface area contributed by atoms with Crippen LogP contribution in [0.4, 0.5) is 11.4 Å². The molecular weight excluding hydrogens is 216 g/mol. The van der Waals surface area contributed by atoms with E-state index < -0.39 is 0 Å². The predicted octanol–water partition coefficient (Wildman–Crippen LogP) is 2.25. The van der Waals surface area contributed by atoms with E-state index in [2.05, 4.69) is 19.2 Å². The van der Waals surface area contributed by atoms with Crippen LogP contribution in [-0.4, -0.2) is 25.6 Å². The molecule has 0 aromatic heterocycles. The predicted molar refractivity (Wildman–Crippen MR) is 68.7 cm³/mol. The Kier molecular flexibility index (Phi) is 3.22. The molecule has 17 heavy (non-hydrogen) atoms. The van der Waals surface area contributed by atoms with Gasteiger partial charge in [0, 0.05) is 18.8 Å². The molecule has 0 saturated heterocycles.